The zero-order valence-electron chi connectivity index (χ0n) is 15.4. The van der Waals surface area contributed by atoms with Gasteiger partial charge >= 0.3 is 0 Å². The summed E-state index contributed by atoms with van der Waals surface area (Å²) in [5.74, 6) is 1.75. The van der Waals surface area contributed by atoms with Gasteiger partial charge in [0.15, 0.2) is 0 Å². The molecule has 2 aliphatic heterocycles. The van der Waals surface area contributed by atoms with Crippen LogP contribution < -0.4 is 16.0 Å². The quantitative estimate of drug-likeness (QED) is 0.622. The predicted molar refractivity (Wildman–Crippen MR) is 104 cm³/mol. The van der Waals surface area contributed by atoms with Crippen LogP contribution in [0.3, 0.4) is 0 Å². The molecule has 3 aliphatic rings. The van der Waals surface area contributed by atoms with Crippen LogP contribution in [0.2, 0.25) is 0 Å². The van der Waals surface area contributed by atoms with Crippen molar-refractivity contribution in [2.75, 3.05) is 32.2 Å². The summed E-state index contributed by atoms with van der Waals surface area (Å²) in [6.45, 7) is 1.90. The number of methoxy groups -OCH3 is 1. The first-order valence-corrected chi connectivity index (χ1v) is 12.5. The van der Waals surface area contributed by atoms with Crippen molar-refractivity contribution in [3.63, 3.8) is 0 Å². The van der Waals surface area contributed by atoms with Gasteiger partial charge in [0.1, 0.15) is 16.1 Å². The molecule has 0 radical (unpaired) electrons. The van der Waals surface area contributed by atoms with Crippen molar-refractivity contribution in [2.24, 2.45) is 5.92 Å². The summed E-state index contributed by atoms with van der Waals surface area (Å²) in [6, 6.07) is 0.230. The molecule has 0 bridgehead atoms. The van der Waals surface area contributed by atoms with E-state index in [1.165, 1.54) is 24.9 Å². The molecular weight excluding hydrogens is 358 g/mol. The maximum atomic E-state index is 11.8. The molecule has 0 aromatic carbocycles. The molecule has 6 nitrogen and oxygen atoms in total. The Morgan fingerprint density at radius 1 is 1.20 bits per heavy atom. The number of piperazine rings is 1. The molecule has 1 saturated carbocycles. The van der Waals surface area contributed by atoms with Crippen molar-refractivity contribution < 1.29 is 13.2 Å². The minimum atomic E-state index is -2.91. The van der Waals surface area contributed by atoms with E-state index >= 15 is 0 Å². The summed E-state index contributed by atoms with van der Waals surface area (Å²) < 4.78 is 29.2. The Bertz CT molecular complexity index is 517. The zero-order chi connectivity index (χ0) is 17.9. The number of rotatable bonds is 6. The van der Waals surface area contributed by atoms with E-state index < -0.39 is 9.84 Å². The fourth-order valence-corrected chi connectivity index (χ4v) is 6.78. The van der Waals surface area contributed by atoms with E-state index in [0.717, 1.165) is 44.0 Å². The minimum Gasteiger partial charge on any atom is -0.365 e. The van der Waals surface area contributed by atoms with Crippen LogP contribution >= 0.6 is 11.8 Å². The van der Waals surface area contributed by atoms with E-state index in [1.54, 1.807) is 7.11 Å². The van der Waals surface area contributed by atoms with E-state index in [4.69, 9.17) is 4.74 Å². The third-order valence-electron chi connectivity index (χ3n) is 5.95. The van der Waals surface area contributed by atoms with Gasteiger partial charge in [0, 0.05) is 31.7 Å². The Morgan fingerprint density at radius 2 is 1.96 bits per heavy atom. The smallest absolute Gasteiger partial charge is 0.150 e. The molecule has 25 heavy (non-hydrogen) atoms. The molecule has 0 spiro atoms. The van der Waals surface area contributed by atoms with Gasteiger partial charge in [-0.15, -0.1) is 0 Å². The highest BCUT2D eigenvalue weighted by molar-refractivity contribution is 8.00. The lowest BCUT2D eigenvalue weighted by Gasteiger charge is -2.43. The minimum absolute atomic E-state index is 0.00121. The van der Waals surface area contributed by atoms with Crippen molar-refractivity contribution in [3.05, 3.63) is 0 Å². The molecule has 8 heteroatoms. The molecule has 3 rings (SSSR count). The van der Waals surface area contributed by atoms with Gasteiger partial charge in [-0.1, -0.05) is 0 Å². The summed E-state index contributed by atoms with van der Waals surface area (Å²) >= 11 is 2.08. The second kappa shape index (κ2) is 8.89. The van der Waals surface area contributed by atoms with E-state index in [1.807, 2.05) is 0 Å². The van der Waals surface area contributed by atoms with E-state index in [0.29, 0.717) is 5.92 Å². The fourth-order valence-electron chi connectivity index (χ4n) is 4.44. The summed E-state index contributed by atoms with van der Waals surface area (Å²) in [5, 5.41) is 11.5. The standard InChI is InChI=1S/C17H33N3O3S2/c1-23-17-16(12-5-7-14(8-6-12)25(2,21)22)20-15(11-19-17)18-10-13-4-3-9-24-13/h12-20H,3-11H2,1-2H3. The summed E-state index contributed by atoms with van der Waals surface area (Å²) in [4.78, 5) is 0. The number of sulfone groups is 1. The Balaban J connectivity index is 1.52. The lowest BCUT2D eigenvalue weighted by molar-refractivity contribution is -0.0122. The van der Waals surface area contributed by atoms with Crippen LogP contribution in [0.25, 0.3) is 0 Å². The van der Waals surface area contributed by atoms with Crippen molar-refractivity contribution in [1.29, 1.82) is 0 Å². The molecule has 3 N–H and O–H groups in total. The summed E-state index contributed by atoms with van der Waals surface area (Å²) in [7, 11) is -1.16. The first kappa shape index (κ1) is 19.9. The van der Waals surface area contributed by atoms with Crippen molar-refractivity contribution >= 4 is 21.6 Å². The van der Waals surface area contributed by atoms with E-state index in [-0.39, 0.29) is 23.7 Å². The van der Waals surface area contributed by atoms with Crippen molar-refractivity contribution in [3.8, 4) is 0 Å². The number of hydrogen-bond donors (Lipinski definition) is 3. The molecule has 0 aromatic heterocycles. The van der Waals surface area contributed by atoms with Gasteiger partial charge in [-0.25, -0.2) is 8.42 Å². The molecule has 4 unspecified atom stereocenters. The number of nitrogens with one attached hydrogen (secondary N) is 3. The molecule has 0 aromatic rings. The second-order valence-electron chi connectivity index (χ2n) is 7.72. The average molecular weight is 392 g/mol. The highest BCUT2D eigenvalue weighted by Crippen LogP contribution is 2.32. The number of ether oxygens (including phenoxy) is 1. The molecule has 0 amide bonds. The maximum Gasteiger partial charge on any atom is 0.150 e. The van der Waals surface area contributed by atoms with Gasteiger partial charge in [0.25, 0.3) is 0 Å². The lowest BCUT2D eigenvalue weighted by atomic mass is 9.82. The van der Waals surface area contributed by atoms with Gasteiger partial charge in [0.05, 0.1) is 17.5 Å². The molecular formula is C17H33N3O3S2. The largest absolute Gasteiger partial charge is 0.365 e. The molecule has 1 aliphatic carbocycles. The van der Waals surface area contributed by atoms with Crippen molar-refractivity contribution in [2.45, 2.75) is 67.5 Å². The first-order chi connectivity index (χ1) is 12.0. The lowest BCUT2D eigenvalue weighted by Crippen LogP contribution is -2.68. The molecule has 3 fully saturated rings. The highest BCUT2D eigenvalue weighted by atomic mass is 32.2. The Labute approximate surface area is 156 Å². The molecule has 2 heterocycles. The summed E-state index contributed by atoms with van der Waals surface area (Å²) in [5.41, 5.74) is 0. The topological polar surface area (TPSA) is 79.5 Å². The van der Waals surface area contributed by atoms with Crippen molar-refractivity contribution in [1.82, 2.24) is 16.0 Å². The average Bonchev–Trinajstić information content (AvgIpc) is 3.12. The van der Waals surface area contributed by atoms with Gasteiger partial charge < -0.3 is 4.74 Å². The number of thioether (sulfide) groups is 1. The third-order valence-corrected chi connectivity index (χ3v) is 9.03. The second-order valence-corrected chi connectivity index (χ2v) is 11.5. The van der Waals surface area contributed by atoms with Gasteiger partial charge in [0.2, 0.25) is 0 Å². The Morgan fingerprint density at radius 3 is 2.56 bits per heavy atom. The Kier molecular flexibility index (Phi) is 7.07. The SMILES string of the molecule is COC1NCC(NCC2CCCS2)NC1C1CCC(S(C)(=O)=O)CC1. The number of hydrogen-bond acceptors (Lipinski definition) is 7. The van der Waals surface area contributed by atoms with Crippen LogP contribution in [-0.2, 0) is 14.6 Å². The molecule has 2 saturated heterocycles. The maximum absolute atomic E-state index is 11.8. The molecule has 4 atom stereocenters. The van der Waals surface area contributed by atoms with Crippen LogP contribution in [0.5, 0.6) is 0 Å². The van der Waals surface area contributed by atoms with Crippen LogP contribution in [0, 0.1) is 5.92 Å². The van der Waals surface area contributed by atoms with E-state index in [2.05, 4.69) is 27.7 Å². The Hall–Kier alpha value is 0.140. The van der Waals surface area contributed by atoms with E-state index in [9.17, 15) is 8.42 Å². The van der Waals surface area contributed by atoms with Crippen LogP contribution in [0.1, 0.15) is 38.5 Å². The fraction of sp³-hybridized carbons (Fsp3) is 1.00. The first-order valence-electron chi connectivity index (χ1n) is 9.53. The monoisotopic (exact) mass is 391 g/mol. The van der Waals surface area contributed by atoms with Gasteiger partial charge in [-0.3, -0.25) is 16.0 Å². The molecule has 146 valence electrons. The zero-order valence-corrected chi connectivity index (χ0v) is 17.0. The van der Waals surface area contributed by atoms with Crippen LogP contribution in [0.15, 0.2) is 0 Å². The third kappa shape index (κ3) is 5.32. The summed E-state index contributed by atoms with van der Waals surface area (Å²) in [6.07, 6.45) is 7.72. The van der Waals surface area contributed by atoms with Crippen LogP contribution in [0.4, 0.5) is 0 Å². The highest BCUT2D eigenvalue weighted by Gasteiger charge is 2.38. The predicted octanol–water partition coefficient (Wildman–Crippen LogP) is 0.935. The normalized spacial score (nSPS) is 40.2. The van der Waals surface area contributed by atoms with Gasteiger partial charge in [-0.05, 0) is 50.2 Å². The van der Waals surface area contributed by atoms with Gasteiger partial charge in [-0.2, -0.15) is 11.8 Å². The van der Waals surface area contributed by atoms with Crippen LogP contribution in [-0.4, -0.2) is 69.6 Å².